The normalized spacial score (nSPS) is 19.0. The van der Waals surface area contributed by atoms with Crippen LogP contribution in [0.5, 0.6) is 0 Å². The van der Waals surface area contributed by atoms with Gasteiger partial charge in [-0.1, -0.05) is 18.2 Å². The van der Waals surface area contributed by atoms with Crippen molar-refractivity contribution in [1.29, 1.82) is 0 Å². The highest BCUT2D eigenvalue weighted by Crippen LogP contribution is 2.33. The summed E-state index contributed by atoms with van der Waals surface area (Å²) in [4.78, 5) is 26.8. The van der Waals surface area contributed by atoms with Crippen LogP contribution in [-0.4, -0.2) is 23.9 Å². The fourth-order valence-electron chi connectivity index (χ4n) is 3.27. The second-order valence-electron chi connectivity index (χ2n) is 6.68. The van der Waals surface area contributed by atoms with Gasteiger partial charge in [0.05, 0.1) is 0 Å². The van der Waals surface area contributed by atoms with Crippen molar-refractivity contribution >= 4 is 17.5 Å². The van der Waals surface area contributed by atoms with E-state index in [1.165, 1.54) is 5.56 Å². The maximum atomic E-state index is 12.9. The minimum atomic E-state index is -0.0589. The number of amides is 2. The molecule has 1 atom stereocenters. The number of carbonyl (C=O) groups excluding carboxylic acids is 2. The molecular weight excluding hydrogens is 300 g/mol. The third-order valence-electron chi connectivity index (χ3n) is 4.73. The van der Waals surface area contributed by atoms with E-state index in [1.54, 1.807) is 24.3 Å². The number of carbonyl (C=O) groups is 2. The highest BCUT2D eigenvalue weighted by molar-refractivity contribution is 6.08. The van der Waals surface area contributed by atoms with Gasteiger partial charge in [-0.3, -0.25) is 9.59 Å². The summed E-state index contributed by atoms with van der Waals surface area (Å²) >= 11 is 0. The quantitative estimate of drug-likeness (QED) is 0.944. The first-order valence-corrected chi connectivity index (χ1v) is 8.46. The Balaban J connectivity index is 1.55. The van der Waals surface area contributed by atoms with E-state index in [-0.39, 0.29) is 17.9 Å². The third kappa shape index (κ3) is 2.68. The van der Waals surface area contributed by atoms with E-state index in [0.717, 1.165) is 24.9 Å². The van der Waals surface area contributed by atoms with Crippen molar-refractivity contribution in [3.63, 3.8) is 0 Å². The van der Waals surface area contributed by atoms with Crippen LogP contribution in [-0.2, 0) is 6.42 Å². The number of hydrogen-bond donors (Lipinski definition) is 1. The molecule has 0 bridgehead atoms. The predicted molar refractivity (Wildman–Crippen MR) is 93.3 cm³/mol. The number of hydrogen-bond acceptors (Lipinski definition) is 2. The van der Waals surface area contributed by atoms with Crippen molar-refractivity contribution in [3.8, 4) is 0 Å². The lowest BCUT2D eigenvalue weighted by Gasteiger charge is -2.23. The van der Waals surface area contributed by atoms with Crippen LogP contribution in [0.2, 0.25) is 0 Å². The molecule has 0 radical (unpaired) electrons. The number of benzene rings is 2. The van der Waals surface area contributed by atoms with Crippen molar-refractivity contribution in [1.82, 2.24) is 5.32 Å². The second kappa shape index (κ2) is 5.78. The SMILES string of the molecule is CC1Cc2ccccc2N1C(=O)c1ccc(C(=O)NC2CC2)cc1. The smallest absolute Gasteiger partial charge is 0.258 e. The molecule has 4 rings (SSSR count). The van der Waals surface area contributed by atoms with E-state index in [2.05, 4.69) is 18.3 Å². The molecule has 1 heterocycles. The van der Waals surface area contributed by atoms with Gasteiger partial charge in [0.2, 0.25) is 0 Å². The topological polar surface area (TPSA) is 49.4 Å². The zero-order chi connectivity index (χ0) is 16.7. The number of para-hydroxylation sites is 1. The van der Waals surface area contributed by atoms with E-state index in [4.69, 9.17) is 0 Å². The zero-order valence-corrected chi connectivity index (χ0v) is 13.7. The Morgan fingerprint density at radius 3 is 2.38 bits per heavy atom. The molecule has 2 aromatic carbocycles. The number of rotatable bonds is 3. The summed E-state index contributed by atoms with van der Waals surface area (Å²) in [7, 11) is 0. The average Bonchev–Trinajstić information content (AvgIpc) is 3.34. The van der Waals surface area contributed by atoms with Gasteiger partial charge in [0.15, 0.2) is 0 Å². The molecule has 4 nitrogen and oxygen atoms in total. The molecule has 2 amide bonds. The monoisotopic (exact) mass is 320 g/mol. The van der Waals surface area contributed by atoms with Gasteiger partial charge in [-0.15, -0.1) is 0 Å². The minimum absolute atomic E-state index is 0.0124. The van der Waals surface area contributed by atoms with Crippen molar-refractivity contribution in [2.45, 2.75) is 38.3 Å². The molecule has 2 aromatic rings. The van der Waals surface area contributed by atoms with Gasteiger partial charge in [-0.2, -0.15) is 0 Å². The molecule has 0 saturated heterocycles. The molecule has 0 aromatic heterocycles. The lowest BCUT2D eigenvalue weighted by Crippen LogP contribution is -2.35. The summed E-state index contributed by atoms with van der Waals surface area (Å²) in [5.41, 5.74) is 3.42. The Hall–Kier alpha value is -2.62. The maximum absolute atomic E-state index is 12.9. The number of nitrogens with zero attached hydrogens (tertiary/aromatic N) is 1. The molecule has 1 N–H and O–H groups in total. The Morgan fingerprint density at radius 2 is 1.67 bits per heavy atom. The van der Waals surface area contributed by atoms with Gasteiger partial charge < -0.3 is 10.2 Å². The molecule has 1 aliphatic carbocycles. The van der Waals surface area contributed by atoms with Crippen LogP contribution in [0.25, 0.3) is 0 Å². The molecular formula is C20H20N2O2. The van der Waals surface area contributed by atoms with Crippen molar-refractivity contribution in [2.24, 2.45) is 0 Å². The van der Waals surface area contributed by atoms with E-state index >= 15 is 0 Å². The van der Waals surface area contributed by atoms with Crippen LogP contribution in [0.1, 0.15) is 46.0 Å². The van der Waals surface area contributed by atoms with E-state index < -0.39 is 0 Å². The standard InChI is InChI=1S/C20H20N2O2/c1-13-12-16-4-2-3-5-18(16)22(13)20(24)15-8-6-14(7-9-15)19(23)21-17-10-11-17/h2-9,13,17H,10-12H2,1H3,(H,21,23). The molecule has 0 spiro atoms. The van der Waals surface area contributed by atoms with Gasteiger partial charge in [0, 0.05) is 28.9 Å². The van der Waals surface area contributed by atoms with Crippen molar-refractivity contribution < 1.29 is 9.59 Å². The molecule has 2 aliphatic rings. The molecule has 1 aliphatic heterocycles. The number of nitrogens with one attached hydrogen (secondary N) is 1. The summed E-state index contributed by atoms with van der Waals surface area (Å²) in [5, 5.41) is 2.96. The van der Waals surface area contributed by atoms with Gasteiger partial charge in [0.25, 0.3) is 11.8 Å². The first-order valence-electron chi connectivity index (χ1n) is 8.46. The number of fused-ring (bicyclic) bond motifs is 1. The Labute approximate surface area is 141 Å². The lowest BCUT2D eigenvalue weighted by molar-refractivity contribution is 0.0947. The van der Waals surface area contributed by atoms with Crippen LogP contribution >= 0.6 is 0 Å². The first-order chi connectivity index (χ1) is 11.6. The van der Waals surface area contributed by atoms with Crippen molar-refractivity contribution in [3.05, 3.63) is 65.2 Å². The van der Waals surface area contributed by atoms with Gasteiger partial charge >= 0.3 is 0 Å². The molecule has 1 fully saturated rings. The number of anilines is 1. The summed E-state index contributed by atoms with van der Waals surface area (Å²) in [6.07, 6.45) is 3.01. The van der Waals surface area contributed by atoms with Crippen LogP contribution in [0.4, 0.5) is 5.69 Å². The van der Waals surface area contributed by atoms with E-state index in [1.807, 2.05) is 23.1 Å². The third-order valence-corrected chi connectivity index (χ3v) is 4.73. The Bertz CT molecular complexity index is 794. The molecule has 1 unspecified atom stereocenters. The highest BCUT2D eigenvalue weighted by atomic mass is 16.2. The molecule has 4 heteroatoms. The average molecular weight is 320 g/mol. The largest absolute Gasteiger partial charge is 0.349 e. The summed E-state index contributed by atoms with van der Waals surface area (Å²) in [5.74, 6) is -0.0713. The van der Waals surface area contributed by atoms with Crippen LogP contribution in [0.3, 0.4) is 0 Å². The fourth-order valence-corrected chi connectivity index (χ4v) is 3.27. The Morgan fingerprint density at radius 1 is 1.00 bits per heavy atom. The van der Waals surface area contributed by atoms with Crippen molar-refractivity contribution in [2.75, 3.05) is 4.90 Å². The maximum Gasteiger partial charge on any atom is 0.258 e. The highest BCUT2D eigenvalue weighted by Gasteiger charge is 2.31. The first kappa shape index (κ1) is 14.9. The zero-order valence-electron chi connectivity index (χ0n) is 13.7. The minimum Gasteiger partial charge on any atom is -0.349 e. The van der Waals surface area contributed by atoms with E-state index in [9.17, 15) is 9.59 Å². The van der Waals surface area contributed by atoms with Crippen LogP contribution in [0.15, 0.2) is 48.5 Å². The lowest BCUT2D eigenvalue weighted by atomic mass is 10.1. The summed E-state index contributed by atoms with van der Waals surface area (Å²) in [6, 6.07) is 15.5. The van der Waals surface area contributed by atoms with Gasteiger partial charge in [-0.05, 0) is 62.1 Å². The second-order valence-corrected chi connectivity index (χ2v) is 6.68. The molecule has 24 heavy (non-hydrogen) atoms. The Kier molecular flexibility index (Phi) is 3.60. The summed E-state index contributed by atoms with van der Waals surface area (Å²) < 4.78 is 0. The molecule has 122 valence electrons. The van der Waals surface area contributed by atoms with Crippen LogP contribution in [0, 0.1) is 0 Å². The summed E-state index contributed by atoms with van der Waals surface area (Å²) in [6.45, 7) is 2.06. The fraction of sp³-hybridized carbons (Fsp3) is 0.300. The molecule has 1 saturated carbocycles. The van der Waals surface area contributed by atoms with Gasteiger partial charge in [0.1, 0.15) is 0 Å². The van der Waals surface area contributed by atoms with Gasteiger partial charge in [-0.25, -0.2) is 0 Å². The van der Waals surface area contributed by atoms with E-state index in [0.29, 0.717) is 17.2 Å². The predicted octanol–water partition coefficient (Wildman–Crippen LogP) is 3.17. The van der Waals surface area contributed by atoms with Crippen LogP contribution < -0.4 is 10.2 Å².